The predicted octanol–water partition coefficient (Wildman–Crippen LogP) is 24.8. The molecule has 0 heterocycles. The number of rotatable bonds is 65. The lowest BCUT2D eigenvalue weighted by Crippen LogP contribution is -2.30. The van der Waals surface area contributed by atoms with E-state index in [1.54, 1.807) is 0 Å². The van der Waals surface area contributed by atoms with E-state index in [0.29, 0.717) is 19.3 Å². The van der Waals surface area contributed by atoms with Gasteiger partial charge in [-0.1, -0.05) is 336 Å². The molecule has 0 amide bonds. The molecule has 478 valence electrons. The van der Waals surface area contributed by atoms with Crippen molar-refractivity contribution in [3.8, 4) is 0 Å². The van der Waals surface area contributed by atoms with Gasteiger partial charge in [-0.2, -0.15) is 0 Å². The van der Waals surface area contributed by atoms with Crippen LogP contribution in [0, 0.1) is 0 Å². The van der Waals surface area contributed by atoms with Crippen LogP contribution in [0.25, 0.3) is 0 Å². The fourth-order valence-corrected chi connectivity index (χ4v) is 10.3. The maximum absolute atomic E-state index is 13.0. The second-order valence-electron chi connectivity index (χ2n) is 23.7. The van der Waals surface area contributed by atoms with Gasteiger partial charge in [-0.25, -0.2) is 0 Å². The molecule has 0 aliphatic carbocycles. The average Bonchev–Trinajstić information content (AvgIpc) is 3.49. The van der Waals surface area contributed by atoms with Crippen molar-refractivity contribution in [3.63, 3.8) is 0 Å². The first-order valence-corrected chi connectivity index (χ1v) is 35.7. The van der Waals surface area contributed by atoms with Crippen LogP contribution < -0.4 is 0 Å². The molecule has 1 unspecified atom stereocenters. The molecule has 0 aromatic heterocycles. The number of carbonyl (C=O) groups is 3. The van der Waals surface area contributed by atoms with Crippen molar-refractivity contribution >= 4 is 17.9 Å². The third-order valence-corrected chi connectivity index (χ3v) is 15.6. The fraction of sp³-hybridized carbons (Fsp3) is 0.753. The number of hydrogen-bond acceptors (Lipinski definition) is 6. The summed E-state index contributed by atoms with van der Waals surface area (Å²) < 4.78 is 16.9. The molecule has 0 fully saturated rings. The Morgan fingerprint density at radius 1 is 0.253 bits per heavy atom. The van der Waals surface area contributed by atoms with Crippen LogP contribution in [0.3, 0.4) is 0 Å². The third kappa shape index (κ3) is 69.0. The lowest BCUT2D eigenvalue weighted by atomic mass is 10.0. The number of hydrogen-bond donors (Lipinski definition) is 0. The summed E-state index contributed by atoms with van der Waals surface area (Å²) in [6.45, 7) is 6.42. The molecule has 0 bridgehead atoms. The van der Waals surface area contributed by atoms with Crippen LogP contribution in [0.5, 0.6) is 0 Å². The zero-order valence-electron chi connectivity index (χ0n) is 54.9. The van der Waals surface area contributed by atoms with Crippen LogP contribution in [-0.4, -0.2) is 37.2 Å². The molecule has 0 spiro atoms. The number of allylic oxidation sites excluding steroid dienone is 16. The third-order valence-electron chi connectivity index (χ3n) is 15.6. The summed E-state index contributed by atoms with van der Waals surface area (Å²) >= 11 is 0. The molecule has 0 radical (unpaired) electrons. The summed E-state index contributed by atoms with van der Waals surface area (Å²) in [6.07, 6.45) is 96.0. The van der Waals surface area contributed by atoms with Crippen molar-refractivity contribution in [2.75, 3.05) is 13.2 Å². The molecule has 0 aromatic carbocycles. The summed E-state index contributed by atoms with van der Waals surface area (Å²) in [5, 5.41) is 0. The summed E-state index contributed by atoms with van der Waals surface area (Å²) in [5.74, 6) is -0.928. The van der Waals surface area contributed by atoms with E-state index in [2.05, 4.69) is 118 Å². The van der Waals surface area contributed by atoms with E-state index in [-0.39, 0.29) is 31.1 Å². The fourth-order valence-electron chi connectivity index (χ4n) is 10.3. The highest BCUT2D eigenvalue weighted by Gasteiger charge is 2.19. The molecule has 6 nitrogen and oxygen atoms in total. The van der Waals surface area contributed by atoms with Gasteiger partial charge in [0.15, 0.2) is 6.10 Å². The van der Waals surface area contributed by atoms with E-state index in [1.165, 1.54) is 199 Å². The van der Waals surface area contributed by atoms with Gasteiger partial charge in [-0.3, -0.25) is 14.4 Å². The van der Waals surface area contributed by atoms with Crippen molar-refractivity contribution in [2.24, 2.45) is 0 Å². The van der Waals surface area contributed by atoms with E-state index < -0.39 is 6.10 Å². The van der Waals surface area contributed by atoms with Crippen LogP contribution in [0.4, 0.5) is 0 Å². The molecule has 0 saturated carbocycles. The zero-order chi connectivity index (χ0) is 59.9. The standard InChI is InChI=1S/C77H134O6/c1-4-7-10-13-16-19-22-25-28-30-32-34-35-36-37-38-39-40-41-43-44-46-49-52-55-58-61-64-67-70-76(79)82-73-74(72-81-75(78)69-66-63-60-57-54-51-48-27-24-21-18-15-12-9-6-3)83-77(80)71-68-65-62-59-56-53-50-47-45-42-33-31-29-26-23-20-17-14-11-8-5-2/h8-9,11-12,17-18,20-21,26-27,29,33,42,48,54,57,74H,4-7,10,13-16,19,22-25,28,30-32,34-41,43-47,49-53,55-56,58-73H2,1-3H3/b11-8-,12-9-,20-17-,21-18-,29-26-,42-33-,48-27-,57-54-. The normalized spacial score (nSPS) is 12.7. The van der Waals surface area contributed by atoms with Gasteiger partial charge in [-0.05, 0) is 96.3 Å². The SMILES string of the molecule is CC/C=C\C/C=C\C/C=C\C/C=C\CCCCCCCCCCC(=O)OC(COC(=O)CCCC/C=C\C/C=C\C/C=C\C/C=C\CC)COC(=O)CCCCCCCCCCCCCCCCCCCCCCCCCCCCCCC. The summed E-state index contributed by atoms with van der Waals surface area (Å²) in [7, 11) is 0. The van der Waals surface area contributed by atoms with Crippen molar-refractivity contribution < 1.29 is 28.6 Å². The van der Waals surface area contributed by atoms with Crippen molar-refractivity contribution in [1.29, 1.82) is 0 Å². The Hall–Kier alpha value is -3.67. The Bertz CT molecular complexity index is 1610. The van der Waals surface area contributed by atoms with Gasteiger partial charge < -0.3 is 14.2 Å². The minimum absolute atomic E-state index is 0.0917. The van der Waals surface area contributed by atoms with E-state index in [4.69, 9.17) is 14.2 Å². The van der Waals surface area contributed by atoms with E-state index in [1.807, 2.05) is 0 Å². The molecule has 0 aromatic rings. The summed E-state index contributed by atoms with van der Waals surface area (Å²) in [6, 6.07) is 0. The van der Waals surface area contributed by atoms with E-state index >= 15 is 0 Å². The van der Waals surface area contributed by atoms with Gasteiger partial charge in [-0.15, -0.1) is 0 Å². The first-order chi connectivity index (χ1) is 41.0. The highest BCUT2D eigenvalue weighted by Crippen LogP contribution is 2.18. The van der Waals surface area contributed by atoms with Crippen LogP contribution in [0.1, 0.15) is 355 Å². The van der Waals surface area contributed by atoms with Gasteiger partial charge in [0.25, 0.3) is 0 Å². The molecular weight excluding hydrogens is 1020 g/mol. The lowest BCUT2D eigenvalue weighted by Gasteiger charge is -2.18. The number of ether oxygens (including phenoxy) is 3. The molecule has 0 rings (SSSR count). The van der Waals surface area contributed by atoms with Gasteiger partial charge in [0.1, 0.15) is 13.2 Å². The molecule has 1 atom stereocenters. The zero-order valence-corrected chi connectivity index (χ0v) is 54.9. The Kier molecular flexibility index (Phi) is 67.7. The number of carbonyl (C=O) groups excluding carboxylic acids is 3. The smallest absolute Gasteiger partial charge is 0.306 e. The van der Waals surface area contributed by atoms with Crippen molar-refractivity contribution in [2.45, 2.75) is 361 Å². The Morgan fingerprint density at radius 2 is 0.470 bits per heavy atom. The van der Waals surface area contributed by atoms with Crippen LogP contribution in [0.2, 0.25) is 0 Å². The molecule has 0 aliphatic heterocycles. The first-order valence-electron chi connectivity index (χ1n) is 35.7. The molecule has 83 heavy (non-hydrogen) atoms. The maximum atomic E-state index is 13.0. The Labute approximate surface area is 515 Å². The molecule has 6 heteroatoms. The van der Waals surface area contributed by atoms with E-state index in [0.717, 1.165) is 116 Å². The molecule has 0 N–H and O–H groups in total. The Morgan fingerprint density at radius 3 is 0.759 bits per heavy atom. The van der Waals surface area contributed by atoms with Crippen molar-refractivity contribution in [1.82, 2.24) is 0 Å². The molecular formula is C77H134O6. The Balaban J connectivity index is 4.28. The first kappa shape index (κ1) is 79.3. The minimum atomic E-state index is -0.801. The second-order valence-corrected chi connectivity index (χ2v) is 23.7. The van der Waals surface area contributed by atoms with Crippen LogP contribution >= 0.6 is 0 Å². The van der Waals surface area contributed by atoms with Gasteiger partial charge in [0.05, 0.1) is 0 Å². The highest BCUT2D eigenvalue weighted by atomic mass is 16.6. The second kappa shape index (κ2) is 70.8. The van der Waals surface area contributed by atoms with Gasteiger partial charge in [0.2, 0.25) is 0 Å². The average molecular weight is 1160 g/mol. The van der Waals surface area contributed by atoms with Gasteiger partial charge >= 0.3 is 17.9 Å². The number of esters is 3. The monoisotopic (exact) mass is 1160 g/mol. The van der Waals surface area contributed by atoms with Crippen LogP contribution in [0.15, 0.2) is 97.2 Å². The van der Waals surface area contributed by atoms with Crippen LogP contribution in [-0.2, 0) is 28.6 Å². The van der Waals surface area contributed by atoms with Gasteiger partial charge in [0, 0.05) is 19.3 Å². The topological polar surface area (TPSA) is 78.9 Å². The van der Waals surface area contributed by atoms with Crippen molar-refractivity contribution in [3.05, 3.63) is 97.2 Å². The quantitative estimate of drug-likeness (QED) is 0.0261. The van der Waals surface area contributed by atoms with E-state index in [9.17, 15) is 14.4 Å². The predicted molar refractivity (Wildman–Crippen MR) is 362 cm³/mol. The lowest BCUT2D eigenvalue weighted by molar-refractivity contribution is -0.167. The molecule has 0 aliphatic rings. The maximum Gasteiger partial charge on any atom is 0.306 e. The number of unbranched alkanes of at least 4 members (excludes halogenated alkanes) is 38. The molecule has 0 saturated heterocycles. The summed E-state index contributed by atoms with van der Waals surface area (Å²) in [5.41, 5.74) is 0. The highest BCUT2D eigenvalue weighted by molar-refractivity contribution is 5.71. The summed E-state index contributed by atoms with van der Waals surface area (Å²) in [4.78, 5) is 38.4. The largest absolute Gasteiger partial charge is 0.462 e. The minimum Gasteiger partial charge on any atom is -0.462 e.